The zero-order chi connectivity index (χ0) is 15.1. The Morgan fingerprint density at radius 3 is 2.81 bits per heavy atom. The van der Waals surface area contributed by atoms with Gasteiger partial charge in [-0.25, -0.2) is 4.98 Å². The van der Waals surface area contributed by atoms with Crippen LogP contribution in [0.3, 0.4) is 0 Å². The SMILES string of the molecule is Cc1nn(C)c(Cl)c1Cn1cnc2cc(Br)ccc2c1=O. The summed E-state index contributed by atoms with van der Waals surface area (Å²) >= 11 is 9.59. The summed E-state index contributed by atoms with van der Waals surface area (Å²) < 4.78 is 4.04. The average molecular weight is 368 g/mol. The van der Waals surface area contributed by atoms with Crippen LogP contribution in [0.15, 0.2) is 33.8 Å². The van der Waals surface area contributed by atoms with E-state index in [2.05, 4.69) is 26.0 Å². The first kappa shape index (κ1) is 14.3. The van der Waals surface area contributed by atoms with Gasteiger partial charge in [0.05, 0.1) is 29.5 Å². The topological polar surface area (TPSA) is 52.7 Å². The van der Waals surface area contributed by atoms with E-state index in [1.807, 2.05) is 19.1 Å². The van der Waals surface area contributed by atoms with Crippen molar-refractivity contribution in [3.8, 4) is 0 Å². The number of aromatic nitrogens is 4. The van der Waals surface area contributed by atoms with E-state index in [1.165, 1.54) is 0 Å². The summed E-state index contributed by atoms with van der Waals surface area (Å²) in [7, 11) is 1.78. The second kappa shape index (κ2) is 5.27. The van der Waals surface area contributed by atoms with Crippen molar-refractivity contribution in [3.63, 3.8) is 0 Å². The van der Waals surface area contributed by atoms with Gasteiger partial charge in [-0.05, 0) is 25.1 Å². The maximum Gasteiger partial charge on any atom is 0.261 e. The van der Waals surface area contributed by atoms with Gasteiger partial charge in [-0.1, -0.05) is 27.5 Å². The Morgan fingerprint density at radius 1 is 1.38 bits per heavy atom. The third kappa shape index (κ3) is 2.49. The molecule has 0 bridgehead atoms. The third-order valence-corrected chi connectivity index (χ3v) is 4.35. The molecule has 0 aliphatic rings. The monoisotopic (exact) mass is 366 g/mol. The van der Waals surface area contributed by atoms with Gasteiger partial charge in [-0.2, -0.15) is 5.10 Å². The lowest BCUT2D eigenvalue weighted by Gasteiger charge is -2.07. The van der Waals surface area contributed by atoms with Crippen molar-refractivity contribution in [1.82, 2.24) is 19.3 Å². The zero-order valence-electron chi connectivity index (χ0n) is 11.5. The molecule has 0 unspecified atom stereocenters. The van der Waals surface area contributed by atoms with Crippen LogP contribution in [-0.4, -0.2) is 19.3 Å². The zero-order valence-corrected chi connectivity index (χ0v) is 13.8. The lowest BCUT2D eigenvalue weighted by Crippen LogP contribution is -2.21. The molecule has 0 N–H and O–H groups in total. The summed E-state index contributed by atoms with van der Waals surface area (Å²) in [6, 6.07) is 5.42. The van der Waals surface area contributed by atoms with Crippen molar-refractivity contribution in [2.75, 3.05) is 0 Å². The molecular weight excluding hydrogens is 356 g/mol. The smallest absolute Gasteiger partial charge is 0.261 e. The van der Waals surface area contributed by atoms with E-state index < -0.39 is 0 Å². The second-order valence-electron chi connectivity index (χ2n) is 4.82. The van der Waals surface area contributed by atoms with E-state index >= 15 is 0 Å². The lowest BCUT2D eigenvalue weighted by atomic mass is 10.2. The van der Waals surface area contributed by atoms with Crippen LogP contribution in [0.5, 0.6) is 0 Å². The minimum Gasteiger partial charge on any atom is -0.294 e. The summed E-state index contributed by atoms with van der Waals surface area (Å²) in [6.45, 7) is 2.23. The highest BCUT2D eigenvalue weighted by Crippen LogP contribution is 2.20. The summed E-state index contributed by atoms with van der Waals surface area (Å²) in [5.41, 5.74) is 2.22. The van der Waals surface area contributed by atoms with Gasteiger partial charge in [0.25, 0.3) is 5.56 Å². The Hall–Kier alpha value is -1.66. The number of halogens is 2. The molecule has 0 saturated carbocycles. The van der Waals surface area contributed by atoms with Crippen LogP contribution in [0.1, 0.15) is 11.3 Å². The lowest BCUT2D eigenvalue weighted by molar-refractivity contribution is 0.742. The van der Waals surface area contributed by atoms with Gasteiger partial charge in [0.1, 0.15) is 5.15 Å². The fraction of sp³-hybridized carbons (Fsp3) is 0.214. The van der Waals surface area contributed by atoms with Gasteiger partial charge in [0, 0.05) is 17.1 Å². The minimum absolute atomic E-state index is 0.0909. The van der Waals surface area contributed by atoms with Crippen LogP contribution < -0.4 is 5.56 Å². The predicted octanol–water partition coefficient (Wildman–Crippen LogP) is 2.90. The van der Waals surface area contributed by atoms with Crippen LogP contribution in [0.25, 0.3) is 10.9 Å². The highest BCUT2D eigenvalue weighted by atomic mass is 79.9. The Balaban J connectivity index is 2.11. The molecule has 0 amide bonds. The van der Waals surface area contributed by atoms with Crippen molar-refractivity contribution >= 4 is 38.4 Å². The van der Waals surface area contributed by atoms with Crippen LogP contribution >= 0.6 is 27.5 Å². The number of benzene rings is 1. The number of rotatable bonds is 2. The van der Waals surface area contributed by atoms with Crippen LogP contribution in [-0.2, 0) is 13.6 Å². The maximum atomic E-state index is 12.5. The number of nitrogens with zero attached hydrogens (tertiary/aromatic N) is 4. The van der Waals surface area contributed by atoms with Gasteiger partial charge >= 0.3 is 0 Å². The summed E-state index contributed by atoms with van der Waals surface area (Å²) in [5.74, 6) is 0. The van der Waals surface area contributed by atoms with Crippen LogP contribution in [0.2, 0.25) is 5.15 Å². The number of fused-ring (bicyclic) bond motifs is 1. The van der Waals surface area contributed by atoms with Crippen LogP contribution in [0, 0.1) is 6.92 Å². The first-order valence-electron chi connectivity index (χ1n) is 6.30. The minimum atomic E-state index is -0.0909. The summed E-state index contributed by atoms with van der Waals surface area (Å²) in [5, 5.41) is 5.37. The normalized spacial score (nSPS) is 11.2. The molecule has 108 valence electrons. The van der Waals surface area contributed by atoms with Gasteiger partial charge in [-0.3, -0.25) is 14.0 Å². The van der Waals surface area contributed by atoms with Crippen molar-refractivity contribution in [2.45, 2.75) is 13.5 Å². The molecule has 0 spiro atoms. The highest BCUT2D eigenvalue weighted by molar-refractivity contribution is 9.10. The molecule has 2 heterocycles. The van der Waals surface area contributed by atoms with Crippen molar-refractivity contribution < 1.29 is 0 Å². The van der Waals surface area contributed by atoms with E-state index in [9.17, 15) is 4.79 Å². The van der Waals surface area contributed by atoms with E-state index in [-0.39, 0.29) is 5.56 Å². The molecule has 0 atom stereocenters. The Labute approximate surface area is 134 Å². The van der Waals surface area contributed by atoms with Crippen molar-refractivity contribution in [3.05, 3.63) is 55.8 Å². The molecule has 3 rings (SSSR count). The van der Waals surface area contributed by atoms with Gasteiger partial charge in [0.2, 0.25) is 0 Å². The van der Waals surface area contributed by atoms with Crippen molar-refractivity contribution in [2.24, 2.45) is 7.05 Å². The fourth-order valence-electron chi connectivity index (χ4n) is 2.27. The molecule has 0 fully saturated rings. The van der Waals surface area contributed by atoms with E-state index in [4.69, 9.17) is 11.6 Å². The molecule has 0 aliphatic heterocycles. The van der Waals surface area contributed by atoms with Gasteiger partial charge < -0.3 is 0 Å². The second-order valence-corrected chi connectivity index (χ2v) is 6.09. The standard InChI is InChI=1S/C14H12BrClN4O/c1-8-11(13(16)19(2)18-8)6-20-7-17-12-5-9(15)3-4-10(12)14(20)21/h3-5,7H,6H2,1-2H3. The number of hydrogen-bond acceptors (Lipinski definition) is 3. The fourth-order valence-corrected chi connectivity index (χ4v) is 2.85. The predicted molar refractivity (Wildman–Crippen MR) is 85.8 cm³/mol. The molecule has 0 aliphatic carbocycles. The Morgan fingerprint density at radius 2 is 2.14 bits per heavy atom. The highest BCUT2D eigenvalue weighted by Gasteiger charge is 2.13. The molecular formula is C14H12BrClN4O. The maximum absolute atomic E-state index is 12.5. The number of aryl methyl sites for hydroxylation is 2. The molecule has 7 heteroatoms. The van der Waals surface area contributed by atoms with E-state index in [0.29, 0.717) is 22.6 Å². The van der Waals surface area contributed by atoms with Gasteiger partial charge in [0.15, 0.2) is 0 Å². The first-order valence-corrected chi connectivity index (χ1v) is 7.47. The molecule has 0 radical (unpaired) electrons. The average Bonchev–Trinajstić information content (AvgIpc) is 2.68. The molecule has 1 aromatic carbocycles. The van der Waals surface area contributed by atoms with Crippen molar-refractivity contribution in [1.29, 1.82) is 0 Å². The Kier molecular flexibility index (Phi) is 3.59. The summed E-state index contributed by atoms with van der Waals surface area (Å²) in [4.78, 5) is 16.8. The third-order valence-electron chi connectivity index (χ3n) is 3.39. The largest absolute Gasteiger partial charge is 0.294 e. The first-order chi connectivity index (χ1) is 9.97. The molecule has 0 saturated heterocycles. The van der Waals surface area contributed by atoms with Crippen LogP contribution in [0.4, 0.5) is 0 Å². The van der Waals surface area contributed by atoms with E-state index in [0.717, 1.165) is 15.7 Å². The van der Waals surface area contributed by atoms with E-state index in [1.54, 1.807) is 28.7 Å². The number of hydrogen-bond donors (Lipinski definition) is 0. The molecule has 5 nitrogen and oxygen atoms in total. The summed E-state index contributed by atoms with van der Waals surface area (Å²) in [6.07, 6.45) is 1.54. The van der Waals surface area contributed by atoms with Gasteiger partial charge in [-0.15, -0.1) is 0 Å². The molecule has 2 aromatic heterocycles. The molecule has 21 heavy (non-hydrogen) atoms. The molecule has 3 aromatic rings. The Bertz CT molecular complexity index is 900. The quantitative estimate of drug-likeness (QED) is 0.700.